The van der Waals surface area contributed by atoms with Gasteiger partial charge < -0.3 is 14.8 Å². The molecule has 1 fully saturated rings. The Morgan fingerprint density at radius 3 is 2.78 bits per heavy atom. The van der Waals surface area contributed by atoms with E-state index in [-0.39, 0.29) is 0 Å². The Kier molecular flexibility index (Phi) is 7.82. The zero-order valence-corrected chi connectivity index (χ0v) is 12.4. The first kappa shape index (κ1) is 15.9. The molecule has 1 rings (SSSR count). The summed E-state index contributed by atoms with van der Waals surface area (Å²) in [5.74, 6) is 0. The van der Waals surface area contributed by atoms with E-state index in [1.165, 1.54) is 12.8 Å². The summed E-state index contributed by atoms with van der Waals surface area (Å²) in [4.78, 5) is 2.44. The number of methoxy groups -OCH3 is 1. The van der Waals surface area contributed by atoms with Crippen LogP contribution in [0.2, 0.25) is 0 Å². The van der Waals surface area contributed by atoms with Crippen LogP contribution in [-0.2, 0) is 9.47 Å². The Balaban J connectivity index is 2.17. The lowest BCUT2D eigenvalue weighted by molar-refractivity contribution is 0.0782. The van der Waals surface area contributed by atoms with Crippen LogP contribution in [0, 0.1) is 0 Å². The van der Waals surface area contributed by atoms with Gasteiger partial charge >= 0.3 is 0 Å². The highest BCUT2D eigenvalue weighted by Crippen LogP contribution is 2.15. The molecule has 1 N–H and O–H groups in total. The summed E-state index contributed by atoms with van der Waals surface area (Å²) >= 11 is 0. The summed E-state index contributed by atoms with van der Waals surface area (Å²) < 4.78 is 10.9. The van der Waals surface area contributed by atoms with Crippen LogP contribution in [0.3, 0.4) is 0 Å². The Bertz CT molecular complexity index is 208. The highest BCUT2D eigenvalue weighted by Gasteiger charge is 2.22. The van der Waals surface area contributed by atoms with E-state index in [0.29, 0.717) is 18.2 Å². The molecular formula is C14H30N2O2. The van der Waals surface area contributed by atoms with Crippen molar-refractivity contribution >= 4 is 0 Å². The van der Waals surface area contributed by atoms with Gasteiger partial charge in [-0.3, -0.25) is 4.90 Å². The second-order valence-electron chi connectivity index (χ2n) is 5.23. The first-order valence-corrected chi connectivity index (χ1v) is 7.27. The van der Waals surface area contributed by atoms with E-state index >= 15 is 0 Å². The summed E-state index contributed by atoms with van der Waals surface area (Å²) in [7, 11) is 1.77. The molecule has 0 aliphatic carbocycles. The van der Waals surface area contributed by atoms with E-state index in [2.05, 4.69) is 31.0 Å². The van der Waals surface area contributed by atoms with Gasteiger partial charge in [-0.25, -0.2) is 0 Å². The van der Waals surface area contributed by atoms with Crippen molar-refractivity contribution in [3.05, 3.63) is 0 Å². The highest BCUT2D eigenvalue weighted by molar-refractivity contribution is 4.77. The van der Waals surface area contributed by atoms with Crippen molar-refractivity contribution in [1.29, 1.82) is 0 Å². The first-order valence-electron chi connectivity index (χ1n) is 7.27. The van der Waals surface area contributed by atoms with Gasteiger partial charge in [0.15, 0.2) is 0 Å². The van der Waals surface area contributed by atoms with Crippen molar-refractivity contribution in [2.75, 3.05) is 40.0 Å². The number of nitrogens with one attached hydrogen (secondary N) is 1. The monoisotopic (exact) mass is 258 g/mol. The van der Waals surface area contributed by atoms with E-state index in [9.17, 15) is 0 Å². The van der Waals surface area contributed by atoms with Gasteiger partial charge in [0.2, 0.25) is 0 Å². The summed E-state index contributed by atoms with van der Waals surface area (Å²) in [5.41, 5.74) is 0. The standard InChI is InChI=1S/C14H30N2O2/c1-5-16(12(2)11-17-4)9-8-15-13(3)14-7-6-10-18-14/h12-15H,5-11H2,1-4H3. The van der Waals surface area contributed by atoms with E-state index in [1.807, 2.05) is 0 Å². The minimum atomic E-state index is 0.413. The van der Waals surface area contributed by atoms with Gasteiger partial charge in [-0.2, -0.15) is 0 Å². The van der Waals surface area contributed by atoms with Crippen LogP contribution in [0.15, 0.2) is 0 Å². The fraction of sp³-hybridized carbons (Fsp3) is 1.00. The van der Waals surface area contributed by atoms with E-state index in [4.69, 9.17) is 9.47 Å². The molecule has 3 unspecified atom stereocenters. The molecule has 1 heterocycles. The molecule has 0 aromatic rings. The Morgan fingerprint density at radius 2 is 2.22 bits per heavy atom. The quantitative estimate of drug-likeness (QED) is 0.679. The zero-order valence-electron chi connectivity index (χ0n) is 12.4. The molecule has 4 heteroatoms. The molecule has 18 heavy (non-hydrogen) atoms. The number of hydrogen-bond donors (Lipinski definition) is 1. The maximum atomic E-state index is 5.69. The molecule has 0 radical (unpaired) electrons. The average Bonchev–Trinajstić information content (AvgIpc) is 2.88. The van der Waals surface area contributed by atoms with Crippen molar-refractivity contribution in [2.24, 2.45) is 0 Å². The van der Waals surface area contributed by atoms with Crippen LogP contribution < -0.4 is 5.32 Å². The lowest BCUT2D eigenvalue weighted by Crippen LogP contribution is -2.44. The smallest absolute Gasteiger partial charge is 0.0726 e. The van der Waals surface area contributed by atoms with Gasteiger partial charge in [-0.15, -0.1) is 0 Å². The molecule has 0 amide bonds. The lowest BCUT2D eigenvalue weighted by Gasteiger charge is -2.28. The third-order valence-corrected chi connectivity index (χ3v) is 3.83. The van der Waals surface area contributed by atoms with Crippen LogP contribution in [0.25, 0.3) is 0 Å². The van der Waals surface area contributed by atoms with Crippen molar-refractivity contribution in [3.8, 4) is 0 Å². The second-order valence-corrected chi connectivity index (χ2v) is 5.23. The average molecular weight is 258 g/mol. The summed E-state index contributed by atoms with van der Waals surface area (Å²) in [6.07, 6.45) is 2.82. The Hall–Kier alpha value is -0.160. The van der Waals surface area contributed by atoms with E-state index in [0.717, 1.165) is 32.8 Å². The Labute approximate surface area is 112 Å². The fourth-order valence-corrected chi connectivity index (χ4v) is 2.60. The maximum absolute atomic E-state index is 5.69. The van der Waals surface area contributed by atoms with Crippen LogP contribution in [0.1, 0.15) is 33.6 Å². The summed E-state index contributed by atoms with van der Waals surface area (Å²) in [6.45, 7) is 11.5. The predicted octanol–water partition coefficient (Wildman–Crippen LogP) is 1.50. The molecule has 108 valence electrons. The number of hydrogen-bond acceptors (Lipinski definition) is 4. The molecule has 1 aliphatic heterocycles. The largest absolute Gasteiger partial charge is 0.383 e. The van der Waals surface area contributed by atoms with Crippen molar-refractivity contribution in [1.82, 2.24) is 10.2 Å². The van der Waals surface area contributed by atoms with E-state index < -0.39 is 0 Å². The lowest BCUT2D eigenvalue weighted by atomic mass is 10.1. The first-order chi connectivity index (χ1) is 8.69. The second kappa shape index (κ2) is 8.86. The van der Waals surface area contributed by atoms with Gasteiger partial charge in [0, 0.05) is 38.9 Å². The van der Waals surface area contributed by atoms with Crippen molar-refractivity contribution in [3.63, 3.8) is 0 Å². The summed E-state index contributed by atoms with van der Waals surface area (Å²) in [6, 6.07) is 0.948. The van der Waals surface area contributed by atoms with Crippen molar-refractivity contribution in [2.45, 2.75) is 51.8 Å². The zero-order chi connectivity index (χ0) is 13.4. The molecule has 0 saturated carbocycles. The van der Waals surface area contributed by atoms with Crippen LogP contribution in [0.5, 0.6) is 0 Å². The normalized spacial score (nSPS) is 23.5. The predicted molar refractivity (Wildman–Crippen MR) is 75.0 cm³/mol. The maximum Gasteiger partial charge on any atom is 0.0726 e. The van der Waals surface area contributed by atoms with Gasteiger partial charge in [-0.1, -0.05) is 6.92 Å². The van der Waals surface area contributed by atoms with Gasteiger partial charge in [0.05, 0.1) is 12.7 Å². The summed E-state index contributed by atoms with van der Waals surface area (Å²) in [5, 5.41) is 3.58. The minimum absolute atomic E-state index is 0.413. The molecule has 0 spiro atoms. The number of ether oxygens (including phenoxy) is 2. The third-order valence-electron chi connectivity index (χ3n) is 3.83. The topological polar surface area (TPSA) is 33.7 Å². The minimum Gasteiger partial charge on any atom is -0.383 e. The molecule has 0 bridgehead atoms. The van der Waals surface area contributed by atoms with Crippen LogP contribution in [0.4, 0.5) is 0 Å². The van der Waals surface area contributed by atoms with Crippen LogP contribution in [-0.4, -0.2) is 63.0 Å². The van der Waals surface area contributed by atoms with Crippen LogP contribution >= 0.6 is 0 Å². The molecular weight excluding hydrogens is 228 g/mol. The van der Waals surface area contributed by atoms with E-state index in [1.54, 1.807) is 7.11 Å². The number of nitrogens with zero attached hydrogens (tertiary/aromatic N) is 1. The molecule has 0 aromatic heterocycles. The fourth-order valence-electron chi connectivity index (χ4n) is 2.60. The molecule has 4 nitrogen and oxygen atoms in total. The van der Waals surface area contributed by atoms with Gasteiger partial charge in [-0.05, 0) is 33.2 Å². The molecule has 1 aliphatic rings. The third kappa shape index (κ3) is 5.22. The highest BCUT2D eigenvalue weighted by atomic mass is 16.5. The Morgan fingerprint density at radius 1 is 1.44 bits per heavy atom. The SMILES string of the molecule is CCN(CCNC(C)C1CCCO1)C(C)COC. The molecule has 0 aromatic carbocycles. The van der Waals surface area contributed by atoms with Gasteiger partial charge in [0.25, 0.3) is 0 Å². The van der Waals surface area contributed by atoms with Crippen molar-refractivity contribution < 1.29 is 9.47 Å². The van der Waals surface area contributed by atoms with Gasteiger partial charge in [0.1, 0.15) is 0 Å². The molecule has 1 saturated heterocycles. The molecule has 3 atom stereocenters. The number of rotatable bonds is 9. The number of likely N-dealkylation sites (N-methyl/N-ethyl adjacent to an activating group) is 1.